The number of hydrogen-bond acceptors (Lipinski definition) is 4. The largest absolute Gasteiger partial charge is 0.383 e. The van der Waals surface area contributed by atoms with Gasteiger partial charge in [-0.25, -0.2) is 0 Å². The van der Waals surface area contributed by atoms with Crippen molar-refractivity contribution in [2.45, 2.75) is 0 Å². The fourth-order valence-corrected chi connectivity index (χ4v) is 1.19. The fraction of sp³-hybridized carbons (Fsp3) is 0.400. The van der Waals surface area contributed by atoms with Gasteiger partial charge < -0.3 is 15.4 Å². The van der Waals surface area contributed by atoms with E-state index in [0.29, 0.717) is 23.9 Å². The number of nitrogens with one attached hydrogen (secondary N) is 2. The maximum atomic E-state index is 11.4. The summed E-state index contributed by atoms with van der Waals surface area (Å²) in [6.07, 6.45) is 3.07. The topological polar surface area (TPSA) is 63.2 Å². The minimum absolute atomic E-state index is 0.161. The molecule has 1 heterocycles. The molecule has 1 aromatic rings. The molecule has 1 amide bonds. The summed E-state index contributed by atoms with van der Waals surface area (Å²) < 4.78 is 4.84. The Morgan fingerprint density at radius 1 is 1.62 bits per heavy atom. The lowest BCUT2D eigenvalue weighted by Crippen LogP contribution is -2.30. The molecule has 0 saturated heterocycles. The number of amides is 1. The molecule has 2 N–H and O–H groups in total. The maximum absolute atomic E-state index is 11.4. The van der Waals surface area contributed by atoms with Crippen LogP contribution in [0.3, 0.4) is 0 Å². The first-order chi connectivity index (χ1) is 7.74. The molecule has 1 aromatic heterocycles. The molecule has 0 fully saturated rings. The van der Waals surface area contributed by atoms with Crippen LogP contribution >= 0.6 is 11.6 Å². The molecule has 1 rings (SSSR count). The maximum Gasteiger partial charge on any atom is 0.238 e. The number of ether oxygens (including phenoxy) is 1. The lowest BCUT2D eigenvalue weighted by Gasteiger charge is -2.07. The van der Waals surface area contributed by atoms with E-state index in [4.69, 9.17) is 16.3 Å². The molecular formula is C10H14ClN3O2. The first kappa shape index (κ1) is 12.9. The second kappa shape index (κ2) is 7.16. The average molecular weight is 244 g/mol. The predicted octanol–water partition coefficient (Wildman–Crippen LogP) is 0.909. The predicted molar refractivity (Wildman–Crippen MR) is 62.6 cm³/mol. The molecule has 0 radical (unpaired) electrons. The Bertz CT molecular complexity index is 347. The molecule has 16 heavy (non-hydrogen) atoms. The molecule has 5 nitrogen and oxygen atoms in total. The molecule has 0 aliphatic carbocycles. The van der Waals surface area contributed by atoms with Crippen LogP contribution < -0.4 is 10.6 Å². The third-order valence-electron chi connectivity index (χ3n) is 1.81. The zero-order valence-corrected chi connectivity index (χ0v) is 9.75. The molecule has 0 aromatic carbocycles. The van der Waals surface area contributed by atoms with Gasteiger partial charge in [0, 0.05) is 19.9 Å². The zero-order chi connectivity index (χ0) is 11.8. The second-order valence-electron chi connectivity index (χ2n) is 3.07. The first-order valence-electron chi connectivity index (χ1n) is 4.83. The van der Waals surface area contributed by atoms with Crippen LogP contribution in [0, 0.1) is 0 Å². The van der Waals surface area contributed by atoms with Gasteiger partial charge in [-0.2, -0.15) is 0 Å². The highest BCUT2D eigenvalue weighted by Crippen LogP contribution is 2.18. The highest BCUT2D eigenvalue weighted by Gasteiger charge is 2.04. The summed E-state index contributed by atoms with van der Waals surface area (Å²) in [5.41, 5.74) is 0.516. The number of carbonyl (C=O) groups is 1. The number of nitrogens with zero attached hydrogens (tertiary/aromatic N) is 1. The van der Waals surface area contributed by atoms with E-state index < -0.39 is 0 Å². The minimum atomic E-state index is -0.161. The van der Waals surface area contributed by atoms with Crippen LogP contribution in [-0.2, 0) is 9.53 Å². The van der Waals surface area contributed by atoms with Crippen molar-refractivity contribution >= 4 is 23.2 Å². The van der Waals surface area contributed by atoms with Crippen molar-refractivity contribution in [1.29, 1.82) is 0 Å². The molecule has 0 saturated carbocycles. The van der Waals surface area contributed by atoms with Crippen molar-refractivity contribution in [3.05, 3.63) is 23.5 Å². The Labute approximate surface area is 99.2 Å². The standard InChI is InChI=1S/C10H14ClN3O2/c1-16-5-4-13-7-10(15)14-9-6-12-3-2-8(9)11/h2-3,6,13H,4-5,7H2,1H3,(H,14,15). The number of methoxy groups -OCH3 is 1. The fourth-order valence-electron chi connectivity index (χ4n) is 1.04. The van der Waals surface area contributed by atoms with Crippen molar-refractivity contribution in [1.82, 2.24) is 10.3 Å². The van der Waals surface area contributed by atoms with E-state index in [-0.39, 0.29) is 12.5 Å². The van der Waals surface area contributed by atoms with E-state index in [1.807, 2.05) is 0 Å². The van der Waals surface area contributed by atoms with Crippen molar-refractivity contribution in [2.24, 2.45) is 0 Å². The first-order valence-corrected chi connectivity index (χ1v) is 5.21. The van der Waals surface area contributed by atoms with E-state index in [0.717, 1.165) is 0 Å². The van der Waals surface area contributed by atoms with E-state index in [1.54, 1.807) is 19.4 Å². The van der Waals surface area contributed by atoms with Gasteiger partial charge in [0.15, 0.2) is 0 Å². The molecule has 0 spiro atoms. The Hall–Kier alpha value is -1.17. The molecule has 6 heteroatoms. The van der Waals surface area contributed by atoms with Crippen molar-refractivity contribution in [3.63, 3.8) is 0 Å². The molecule has 0 bridgehead atoms. The normalized spacial score (nSPS) is 10.1. The van der Waals surface area contributed by atoms with Crippen molar-refractivity contribution < 1.29 is 9.53 Å². The van der Waals surface area contributed by atoms with Gasteiger partial charge >= 0.3 is 0 Å². The third kappa shape index (κ3) is 4.57. The van der Waals surface area contributed by atoms with Gasteiger partial charge in [0.25, 0.3) is 0 Å². The average Bonchev–Trinajstić information content (AvgIpc) is 2.28. The van der Waals surface area contributed by atoms with Crippen LogP contribution in [0.1, 0.15) is 0 Å². The number of hydrogen-bond donors (Lipinski definition) is 2. The number of carbonyl (C=O) groups excluding carboxylic acids is 1. The van der Waals surface area contributed by atoms with Gasteiger partial charge in [-0.15, -0.1) is 0 Å². The van der Waals surface area contributed by atoms with Crippen LogP contribution in [0.4, 0.5) is 5.69 Å². The Morgan fingerprint density at radius 2 is 2.44 bits per heavy atom. The van der Waals surface area contributed by atoms with E-state index in [2.05, 4.69) is 15.6 Å². The van der Waals surface area contributed by atoms with E-state index >= 15 is 0 Å². The Balaban J connectivity index is 2.32. The van der Waals surface area contributed by atoms with Gasteiger partial charge in [-0.3, -0.25) is 9.78 Å². The Morgan fingerprint density at radius 3 is 3.12 bits per heavy atom. The monoisotopic (exact) mass is 243 g/mol. The van der Waals surface area contributed by atoms with Crippen molar-refractivity contribution in [3.8, 4) is 0 Å². The van der Waals surface area contributed by atoms with Gasteiger partial charge in [0.2, 0.25) is 5.91 Å². The molecule has 0 aliphatic heterocycles. The van der Waals surface area contributed by atoms with Crippen LogP contribution in [0.15, 0.2) is 18.5 Å². The quantitative estimate of drug-likeness (QED) is 0.729. The SMILES string of the molecule is COCCNCC(=O)Nc1cnccc1Cl. The summed E-state index contributed by atoms with van der Waals surface area (Å²) in [5, 5.41) is 6.05. The van der Waals surface area contributed by atoms with Gasteiger partial charge in [-0.1, -0.05) is 11.6 Å². The molecule has 0 aliphatic rings. The third-order valence-corrected chi connectivity index (χ3v) is 2.14. The van der Waals surface area contributed by atoms with Gasteiger partial charge in [0.05, 0.1) is 30.1 Å². The molecular weight excluding hydrogens is 230 g/mol. The molecule has 0 atom stereocenters. The van der Waals surface area contributed by atoms with Crippen LogP contribution in [0.2, 0.25) is 5.02 Å². The van der Waals surface area contributed by atoms with Gasteiger partial charge in [0.1, 0.15) is 0 Å². The van der Waals surface area contributed by atoms with Crippen molar-refractivity contribution in [2.75, 3.05) is 32.1 Å². The van der Waals surface area contributed by atoms with E-state index in [9.17, 15) is 4.79 Å². The summed E-state index contributed by atoms with van der Waals surface area (Å²) in [7, 11) is 1.61. The summed E-state index contributed by atoms with van der Waals surface area (Å²) in [6, 6.07) is 1.62. The summed E-state index contributed by atoms with van der Waals surface area (Å²) in [5.74, 6) is -0.161. The highest BCUT2D eigenvalue weighted by atomic mass is 35.5. The lowest BCUT2D eigenvalue weighted by molar-refractivity contribution is -0.115. The van der Waals surface area contributed by atoms with Gasteiger partial charge in [-0.05, 0) is 6.07 Å². The number of rotatable bonds is 6. The number of aromatic nitrogens is 1. The number of halogens is 1. The van der Waals surface area contributed by atoms with E-state index in [1.165, 1.54) is 6.20 Å². The summed E-state index contributed by atoms with van der Waals surface area (Å²) in [4.78, 5) is 15.3. The lowest BCUT2D eigenvalue weighted by atomic mass is 10.4. The summed E-state index contributed by atoms with van der Waals surface area (Å²) in [6.45, 7) is 1.42. The van der Waals surface area contributed by atoms with Crippen LogP contribution in [-0.4, -0.2) is 37.7 Å². The highest BCUT2D eigenvalue weighted by molar-refractivity contribution is 6.33. The van der Waals surface area contributed by atoms with Crippen LogP contribution in [0.5, 0.6) is 0 Å². The minimum Gasteiger partial charge on any atom is -0.383 e. The zero-order valence-electron chi connectivity index (χ0n) is 9.00. The molecule has 88 valence electrons. The summed E-state index contributed by atoms with van der Waals surface area (Å²) >= 11 is 5.86. The Kier molecular flexibility index (Phi) is 5.77. The second-order valence-corrected chi connectivity index (χ2v) is 3.48. The molecule has 0 unspecified atom stereocenters. The number of pyridine rings is 1. The van der Waals surface area contributed by atoms with Crippen LogP contribution in [0.25, 0.3) is 0 Å². The smallest absolute Gasteiger partial charge is 0.238 e. The number of anilines is 1.